The van der Waals surface area contributed by atoms with Gasteiger partial charge in [-0.1, -0.05) is 0 Å². The third kappa shape index (κ3) is 2.21. The van der Waals surface area contributed by atoms with Crippen LogP contribution in [0.1, 0.15) is 19.8 Å². The SMILES string of the molecule is C[C@H](O)C(=O)NC(C#N)C1CC1. The van der Waals surface area contributed by atoms with Gasteiger partial charge in [0.25, 0.3) is 0 Å². The molecule has 0 saturated heterocycles. The number of hydrogen-bond donors (Lipinski definition) is 2. The first-order valence-corrected chi connectivity index (χ1v) is 4.03. The smallest absolute Gasteiger partial charge is 0.249 e. The molecule has 0 aliphatic heterocycles. The van der Waals surface area contributed by atoms with E-state index in [1.165, 1.54) is 6.92 Å². The van der Waals surface area contributed by atoms with Crippen LogP contribution in [0.15, 0.2) is 0 Å². The van der Waals surface area contributed by atoms with Crippen LogP contribution in [0.5, 0.6) is 0 Å². The Balaban J connectivity index is 2.37. The van der Waals surface area contributed by atoms with Gasteiger partial charge in [0, 0.05) is 0 Å². The number of aliphatic hydroxyl groups excluding tert-OH is 1. The fraction of sp³-hybridized carbons (Fsp3) is 0.750. The van der Waals surface area contributed by atoms with E-state index < -0.39 is 18.1 Å². The Morgan fingerprint density at radius 1 is 1.75 bits per heavy atom. The number of nitrogens with zero attached hydrogens (tertiary/aromatic N) is 1. The van der Waals surface area contributed by atoms with Crippen molar-refractivity contribution in [1.29, 1.82) is 5.26 Å². The second kappa shape index (κ2) is 3.55. The Morgan fingerprint density at radius 3 is 2.67 bits per heavy atom. The predicted molar refractivity (Wildman–Crippen MR) is 41.9 cm³/mol. The van der Waals surface area contributed by atoms with Crippen molar-refractivity contribution in [2.45, 2.75) is 31.9 Å². The Labute approximate surface area is 71.2 Å². The summed E-state index contributed by atoms with van der Waals surface area (Å²) in [5.41, 5.74) is 0. The van der Waals surface area contributed by atoms with Gasteiger partial charge in [-0.2, -0.15) is 5.26 Å². The summed E-state index contributed by atoms with van der Waals surface area (Å²) in [6, 6.07) is 1.60. The average molecular weight is 168 g/mol. The van der Waals surface area contributed by atoms with Crippen LogP contribution in [0.25, 0.3) is 0 Å². The molecule has 0 radical (unpaired) electrons. The lowest BCUT2D eigenvalue weighted by Crippen LogP contribution is -2.40. The number of carbonyl (C=O) groups excluding carboxylic acids is 1. The van der Waals surface area contributed by atoms with E-state index in [9.17, 15) is 4.79 Å². The van der Waals surface area contributed by atoms with Gasteiger partial charge in [0.15, 0.2) is 0 Å². The van der Waals surface area contributed by atoms with Crippen molar-refractivity contribution in [3.05, 3.63) is 0 Å². The number of hydrogen-bond acceptors (Lipinski definition) is 3. The van der Waals surface area contributed by atoms with E-state index in [-0.39, 0.29) is 0 Å². The van der Waals surface area contributed by atoms with Crippen LogP contribution in [0.3, 0.4) is 0 Å². The second-order valence-electron chi connectivity index (χ2n) is 3.13. The summed E-state index contributed by atoms with van der Waals surface area (Å²) < 4.78 is 0. The largest absolute Gasteiger partial charge is 0.384 e. The number of nitrogens with one attached hydrogen (secondary N) is 1. The van der Waals surface area contributed by atoms with Crippen molar-refractivity contribution in [2.75, 3.05) is 0 Å². The highest BCUT2D eigenvalue weighted by atomic mass is 16.3. The first kappa shape index (κ1) is 9.01. The number of nitriles is 1. The first-order valence-electron chi connectivity index (χ1n) is 4.03. The summed E-state index contributed by atoms with van der Waals surface area (Å²) in [5, 5.41) is 19.9. The van der Waals surface area contributed by atoms with Crippen LogP contribution >= 0.6 is 0 Å². The maximum absolute atomic E-state index is 10.9. The highest BCUT2D eigenvalue weighted by Crippen LogP contribution is 2.32. The van der Waals surface area contributed by atoms with E-state index in [1.807, 2.05) is 6.07 Å². The van der Waals surface area contributed by atoms with E-state index in [4.69, 9.17) is 10.4 Å². The molecule has 66 valence electrons. The van der Waals surface area contributed by atoms with Crippen LogP contribution in [0.4, 0.5) is 0 Å². The molecule has 1 unspecified atom stereocenters. The molecule has 1 amide bonds. The molecule has 4 nitrogen and oxygen atoms in total. The molecule has 12 heavy (non-hydrogen) atoms. The highest BCUT2D eigenvalue weighted by molar-refractivity contribution is 5.80. The van der Waals surface area contributed by atoms with Gasteiger partial charge in [-0.15, -0.1) is 0 Å². The number of carbonyl (C=O) groups is 1. The molecule has 0 aromatic carbocycles. The second-order valence-corrected chi connectivity index (χ2v) is 3.13. The number of amides is 1. The van der Waals surface area contributed by atoms with Crippen molar-refractivity contribution < 1.29 is 9.90 Å². The molecule has 0 spiro atoms. The lowest BCUT2D eigenvalue weighted by Gasteiger charge is -2.11. The van der Waals surface area contributed by atoms with Crippen molar-refractivity contribution in [1.82, 2.24) is 5.32 Å². The normalized spacial score (nSPS) is 20.8. The van der Waals surface area contributed by atoms with Crippen LogP contribution < -0.4 is 5.32 Å². The Kier molecular flexibility index (Phi) is 2.66. The van der Waals surface area contributed by atoms with Gasteiger partial charge < -0.3 is 10.4 Å². The zero-order valence-electron chi connectivity index (χ0n) is 6.95. The molecule has 0 heterocycles. The van der Waals surface area contributed by atoms with Crippen molar-refractivity contribution in [3.8, 4) is 6.07 Å². The minimum absolute atomic E-state index is 0.303. The minimum atomic E-state index is -1.03. The zero-order valence-corrected chi connectivity index (χ0v) is 6.95. The molecule has 1 aliphatic rings. The molecule has 2 atom stereocenters. The van der Waals surface area contributed by atoms with Gasteiger partial charge in [-0.3, -0.25) is 4.79 Å². The van der Waals surface area contributed by atoms with Crippen LogP contribution in [0.2, 0.25) is 0 Å². The fourth-order valence-electron chi connectivity index (χ4n) is 0.959. The number of aliphatic hydroxyl groups is 1. The predicted octanol–water partition coefficient (Wildman–Crippen LogP) is -0.214. The molecular formula is C8H12N2O2. The minimum Gasteiger partial charge on any atom is -0.384 e. The van der Waals surface area contributed by atoms with E-state index >= 15 is 0 Å². The standard InChI is InChI=1S/C8H12N2O2/c1-5(11)8(12)10-7(4-9)6-2-3-6/h5-7,11H,2-3H2,1H3,(H,10,12)/t5-,7?/m0/s1. The van der Waals surface area contributed by atoms with Crippen molar-refractivity contribution in [3.63, 3.8) is 0 Å². The molecule has 0 bridgehead atoms. The van der Waals surface area contributed by atoms with Gasteiger partial charge in [-0.05, 0) is 25.7 Å². The molecule has 0 aromatic heterocycles. The Morgan fingerprint density at radius 2 is 2.33 bits per heavy atom. The van der Waals surface area contributed by atoms with Crippen molar-refractivity contribution >= 4 is 5.91 Å². The molecule has 1 rings (SSSR count). The van der Waals surface area contributed by atoms with Gasteiger partial charge in [-0.25, -0.2) is 0 Å². The van der Waals surface area contributed by atoms with Crippen molar-refractivity contribution in [2.24, 2.45) is 5.92 Å². The Bertz CT molecular complexity index is 216. The van der Waals surface area contributed by atoms with Gasteiger partial charge in [0.1, 0.15) is 12.1 Å². The summed E-state index contributed by atoms with van der Waals surface area (Å²) in [6.45, 7) is 1.39. The van der Waals surface area contributed by atoms with E-state index in [2.05, 4.69) is 5.32 Å². The maximum Gasteiger partial charge on any atom is 0.249 e. The fourth-order valence-corrected chi connectivity index (χ4v) is 0.959. The molecule has 4 heteroatoms. The zero-order chi connectivity index (χ0) is 9.14. The number of rotatable bonds is 3. The molecular weight excluding hydrogens is 156 g/mol. The van der Waals surface area contributed by atoms with E-state index in [1.54, 1.807) is 0 Å². The van der Waals surface area contributed by atoms with Crippen LogP contribution in [-0.4, -0.2) is 23.2 Å². The highest BCUT2D eigenvalue weighted by Gasteiger charge is 2.32. The summed E-state index contributed by atoms with van der Waals surface area (Å²) in [6.07, 6.45) is 0.969. The first-order chi connectivity index (χ1) is 5.65. The molecule has 2 N–H and O–H groups in total. The van der Waals surface area contributed by atoms with Crippen LogP contribution in [0, 0.1) is 17.2 Å². The van der Waals surface area contributed by atoms with Crippen LogP contribution in [-0.2, 0) is 4.79 Å². The Hall–Kier alpha value is -1.08. The average Bonchev–Trinajstić information content (AvgIpc) is 2.82. The van der Waals surface area contributed by atoms with E-state index in [0.29, 0.717) is 5.92 Å². The maximum atomic E-state index is 10.9. The molecule has 1 fully saturated rings. The van der Waals surface area contributed by atoms with Gasteiger partial charge in [0.2, 0.25) is 5.91 Å². The summed E-state index contributed by atoms with van der Waals surface area (Å²) in [7, 11) is 0. The molecule has 1 aliphatic carbocycles. The monoisotopic (exact) mass is 168 g/mol. The summed E-state index contributed by atoms with van der Waals surface area (Å²) in [4.78, 5) is 10.9. The lowest BCUT2D eigenvalue weighted by atomic mass is 10.2. The quantitative estimate of drug-likeness (QED) is 0.612. The van der Waals surface area contributed by atoms with E-state index in [0.717, 1.165) is 12.8 Å². The summed E-state index contributed by atoms with van der Waals surface area (Å²) in [5.74, 6) is -0.161. The third-order valence-corrected chi connectivity index (χ3v) is 1.91. The topological polar surface area (TPSA) is 73.1 Å². The van der Waals surface area contributed by atoms with Gasteiger partial charge in [0.05, 0.1) is 6.07 Å². The third-order valence-electron chi connectivity index (χ3n) is 1.91. The lowest BCUT2D eigenvalue weighted by molar-refractivity contribution is -0.128. The molecule has 0 aromatic rings. The van der Waals surface area contributed by atoms with Gasteiger partial charge >= 0.3 is 0 Å². The molecule has 1 saturated carbocycles. The summed E-state index contributed by atoms with van der Waals surface area (Å²) >= 11 is 0.